The van der Waals surface area contributed by atoms with Crippen molar-refractivity contribution >= 4 is 38.3 Å². The van der Waals surface area contributed by atoms with Crippen molar-refractivity contribution in [1.29, 1.82) is 0 Å². The third kappa shape index (κ3) is 4.13. The van der Waals surface area contributed by atoms with E-state index in [1.165, 1.54) is 11.3 Å². The molecule has 5 nitrogen and oxygen atoms in total. The molecule has 1 aliphatic heterocycles. The molecule has 1 amide bonds. The van der Waals surface area contributed by atoms with E-state index in [4.69, 9.17) is 4.74 Å². The van der Waals surface area contributed by atoms with Gasteiger partial charge >= 0.3 is 0 Å². The molecule has 7 heteroatoms. The number of hydrogen-bond donors (Lipinski definition) is 1. The van der Waals surface area contributed by atoms with E-state index in [0.717, 1.165) is 28.8 Å². The predicted molar refractivity (Wildman–Crippen MR) is 91.1 cm³/mol. The van der Waals surface area contributed by atoms with Gasteiger partial charge < -0.3 is 10.1 Å². The van der Waals surface area contributed by atoms with Crippen LogP contribution in [0.2, 0.25) is 0 Å². The molecule has 22 heavy (non-hydrogen) atoms. The largest absolute Gasteiger partial charge is 0.379 e. The highest BCUT2D eigenvalue weighted by molar-refractivity contribution is 9.10. The number of amides is 1. The molecule has 1 fully saturated rings. The van der Waals surface area contributed by atoms with Crippen LogP contribution in [-0.4, -0.2) is 48.6 Å². The number of carbonyl (C=O) groups is 1. The number of benzene rings is 1. The quantitative estimate of drug-likeness (QED) is 0.884. The Morgan fingerprint density at radius 2 is 2.05 bits per heavy atom. The average molecular weight is 382 g/mol. The SMILES string of the molecule is O=C(CN1CCOCC1)Nc1nc(-c2ccc(Br)cc2)cs1. The van der Waals surface area contributed by atoms with Crippen LogP contribution >= 0.6 is 27.3 Å². The first-order valence-corrected chi connectivity index (χ1v) is 8.69. The van der Waals surface area contributed by atoms with Crippen molar-refractivity contribution in [3.05, 3.63) is 34.1 Å². The van der Waals surface area contributed by atoms with Gasteiger partial charge in [-0.1, -0.05) is 28.1 Å². The van der Waals surface area contributed by atoms with E-state index in [0.29, 0.717) is 24.9 Å². The Bertz CT molecular complexity index is 638. The fourth-order valence-electron chi connectivity index (χ4n) is 2.21. The summed E-state index contributed by atoms with van der Waals surface area (Å²) in [6.45, 7) is 3.37. The van der Waals surface area contributed by atoms with E-state index < -0.39 is 0 Å². The third-order valence-electron chi connectivity index (χ3n) is 3.36. The Kier molecular flexibility index (Phi) is 5.20. The van der Waals surface area contributed by atoms with Gasteiger partial charge in [-0.15, -0.1) is 11.3 Å². The maximum absolute atomic E-state index is 12.0. The molecule has 1 aromatic heterocycles. The summed E-state index contributed by atoms with van der Waals surface area (Å²) in [4.78, 5) is 18.6. The smallest absolute Gasteiger partial charge is 0.240 e. The van der Waals surface area contributed by atoms with Crippen LogP contribution in [0.4, 0.5) is 5.13 Å². The molecule has 1 saturated heterocycles. The molecule has 2 heterocycles. The van der Waals surface area contributed by atoms with Crippen molar-refractivity contribution in [2.75, 3.05) is 38.2 Å². The molecule has 0 bridgehead atoms. The topological polar surface area (TPSA) is 54.5 Å². The second-order valence-corrected chi connectivity index (χ2v) is 6.76. The highest BCUT2D eigenvalue weighted by atomic mass is 79.9. The molecule has 0 unspecified atom stereocenters. The zero-order valence-corrected chi connectivity index (χ0v) is 14.3. The Hall–Kier alpha value is -1.28. The van der Waals surface area contributed by atoms with Crippen molar-refractivity contribution < 1.29 is 9.53 Å². The molecule has 2 aromatic rings. The normalized spacial score (nSPS) is 15.7. The first-order chi connectivity index (χ1) is 10.7. The Balaban J connectivity index is 1.59. The summed E-state index contributed by atoms with van der Waals surface area (Å²) < 4.78 is 6.31. The van der Waals surface area contributed by atoms with Crippen LogP contribution in [0.25, 0.3) is 11.3 Å². The Morgan fingerprint density at radius 3 is 2.77 bits per heavy atom. The van der Waals surface area contributed by atoms with Crippen molar-refractivity contribution in [2.24, 2.45) is 0 Å². The molecular formula is C15H16BrN3O2S. The van der Waals surface area contributed by atoms with Gasteiger partial charge in [0.1, 0.15) is 0 Å². The number of halogens is 1. The highest BCUT2D eigenvalue weighted by Gasteiger charge is 2.15. The first kappa shape index (κ1) is 15.6. The van der Waals surface area contributed by atoms with Gasteiger partial charge in [-0.25, -0.2) is 4.98 Å². The second kappa shape index (κ2) is 7.32. The van der Waals surface area contributed by atoms with Crippen LogP contribution in [0.15, 0.2) is 34.1 Å². The lowest BCUT2D eigenvalue weighted by Crippen LogP contribution is -2.41. The van der Waals surface area contributed by atoms with Crippen molar-refractivity contribution in [3.63, 3.8) is 0 Å². The molecule has 1 aromatic carbocycles. The Labute approximate surface area is 141 Å². The molecule has 0 atom stereocenters. The van der Waals surface area contributed by atoms with Crippen molar-refractivity contribution in [3.8, 4) is 11.3 Å². The number of aromatic nitrogens is 1. The number of rotatable bonds is 4. The zero-order valence-electron chi connectivity index (χ0n) is 11.9. The fraction of sp³-hybridized carbons (Fsp3) is 0.333. The lowest BCUT2D eigenvalue weighted by atomic mass is 10.2. The average Bonchev–Trinajstić information content (AvgIpc) is 2.97. The third-order valence-corrected chi connectivity index (χ3v) is 4.65. The van der Waals surface area contributed by atoms with Crippen LogP contribution in [-0.2, 0) is 9.53 Å². The van der Waals surface area contributed by atoms with Gasteiger partial charge in [0.25, 0.3) is 0 Å². The second-order valence-electron chi connectivity index (χ2n) is 4.98. The van der Waals surface area contributed by atoms with Crippen molar-refractivity contribution in [2.45, 2.75) is 0 Å². The standard InChI is InChI=1S/C15H16BrN3O2S/c16-12-3-1-11(2-4-12)13-10-22-15(17-13)18-14(20)9-19-5-7-21-8-6-19/h1-4,10H,5-9H2,(H,17,18,20). The summed E-state index contributed by atoms with van der Waals surface area (Å²) in [7, 11) is 0. The minimum Gasteiger partial charge on any atom is -0.379 e. The molecule has 0 saturated carbocycles. The molecule has 0 aliphatic carbocycles. The van der Waals surface area contributed by atoms with Gasteiger partial charge in [0.2, 0.25) is 5.91 Å². The lowest BCUT2D eigenvalue weighted by molar-refractivity contribution is -0.118. The van der Waals surface area contributed by atoms with Crippen LogP contribution in [0, 0.1) is 0 Å². The minimum atomic E-state index is -0.0291. The van der Waals surface area contributed by atoms with Gasteiger partial charge in [0.15, 0.2) is 5.13 Å². The number of carbonyl (C=O) groups excluding carboxylic acids is 1. The minimum absolute atomic E-state index is 0.0291. The highest BCUT2D eigenvalue weighted by Crippen LogP contribution is 2.26. The van der Waals surface area contributed by atoms with Crippen LogP contribution < -0.4 is 5.32 Å². The van der Waals surface area contributed by atoms with E-state index in [2.05, 4.69) is 31.1 Å². The summed E-state index contributed by atoms with van der Waals surface area (Å²) in [5.74, 6) is -0.0291. The van der Waals surface area contributed by atoms with Crippen molar-refractivity contribution in [1.82, 2.24) is 9.88 Å². The monoisotopic (exact) mass is 381 g/mol. The van der Waals surface area contributed by atoms with Gasteiger partial charge in [-0.05, 0) is 12.1 Å². The molecular weight excluding hydrogens is 366 g/mol. The molecule has 0 spiro atoms. The number of nitrogens with one attached hydrogen (secondary N) is 1. The maximum Gasteiger partial charge on any atom is 0.240 e. The first-order valence-electron chi connectivity index (χ1n) is 7.02. The summed E-state index contributed by atoms with van der Waals surface area (Å²) in [6.07, 6.45) is 0. The molecule has 0 radical (unpaired) electrons. The predicted octanol–water partition coefficient (Wildman–Crippen LogP) is 2.84. The van der Waals surface area contributed by atoms with E-state index in [9.17, 15) is 4.79 Å². The Morgan fingerprint density at radius 1 is 1.32 bits per heavy atom. The molecule has 1 N–H and O–H groups in total. The number of thiazole rings is 1. The van der Waals surface area contributed by atoms with Crippen LogP contribution in [0.1, 0.15) is 0 Å². The zero-order chi connectivity index (χ0) is 15.4. The lowest BCUT2D eigenvalue weighted by Gasteiger charge is -2.25. The fourth-order valence-corrected chi connectivity index (χ4v) is 3.21. The molecule has 116 valence electrons. The van der Waals surface area contributed by atoms with E-state index >= 15 is 0 Å². The van der Waals surface area contributed by atoms with Gasteiger partial charge in [-0.3, -0.25) is 9.69 Å². The number of morpholine rings is 1. The van der Waals surface area contributed by atoms with Crippen LogP contribution in [0.5, 0.6) is 0 Å². The summed E-state index contributed by atoms with van der Waals surface area (Å²) in [6, 6.07) is 7.95. The maximum atomic E-state index is 12.0. The summed E-state index contributed by atoms with van der Waals surface area (Å²) >= 11 is 4.86. The van der Waals surface area contributed by atoms with E-state index in [1.54, 1.807) is 0 Å². The number of ether oxygens (including phenoxy) is 1. The molecule has 3 rings (SSSR count). The van der Waals surface area contributed by atoms with Gasteiger partial charge in [0.05, 0.1) is 25.5 Å². The van der Waals surface area contributed by atoms with Gasteiger partial charge in [-0.2, -0.15) is 0 Å². The molecule has 1 aliphatic rings. The van der Waals surface area contributed by atoms with E-state index in [1.807, 2.05) is 29.6 Å². The van der Waals surface area contributed by atoms with E-state index in [-0.39, 0.29) is 5.91 Å². The summed E-state index contributed by atoms with van der Waals surface area (Å²) in [5.41, 5.74) is 1.91. The number of nitrogens with zero attached hydrogens (tertiary/aromatic N) is 2. The summed E-state index contributed by atoms with van der Waals surface area (Å²) in [5, 5.41) is 5.45. The number of anilines is 1. The number of hydrogen-bond acceptors (Lipinski definition) is 5. The van der Waals surface area contributed by atoms with Crippen LogP contribution in [0.3, 0.4) is 0 Å². The van der Waals surface area contributed by atoms with Gasteiger partial charge in [0, 0.05) is 28.5 Å².